The molecule has 0 aliphatic carbocycles. The van der Waals surface area contributed by atoms with Crippen molar-refractivity contribution < 1.29 is 9.64 Å². The number of nitrogens with one attached hydrogen (secondary N) is 3. The van der Waals surface area contributed by atoms with Crippen molar-refractivity contribution in [1.29, 1.82) is 0 Å². The van der Waals surface area contributed by atoms with E-state index in [0.29, 0.717) is 17.6 Å². The Morgan fingerprint density at radius 3 is 2.95 bits per heavy atom. The van der Waals surface area contributed by atoms with Crippen LogP contribution in [0.2, 0.25) is 0 Å². The van der Waals surface area contributed by atoms with E-state index in [1.807, 2.05) is 18.2 Å². The molecule has 0 amide bonds. The van der Waals surface area contributed by atoms with Crippen LogP contribution >= 0.6 is 0 Å². The highest BCUT2D eigenvalue weighted by Gasteiger charge is 2.11. The lowest BCUT2D eigenvalue weighted by Crippen LogP contribution is -3.06. The molecule has 3 aromatic rings. The average Bonchev–Trinajstić information content (AvgIpc) is 2.88. The standard InChI is InChI=1S/C15H19N5O2/c1-19(2)7-6-17-20-9-16-13-11-8-10(22-3)4-5-12(11)18-14(13)15(20)21/h4-5,8-9,17-18H,6-7H2,1-3H3/p+1. The maximum atomic E-state index is 12.5. The van der Waals surface area contributed by atoms with Gasteiger partial charge >= 0.3 is 0 Å². The predicted octanol–water partition coefficient (Wildman–Crippen LogP) is -0.426. The molecule has 116 valence electrons. The van der Waals surface area contributed by atoms with Gasteiger partial charge in [-0.2, -0.15) is 0 Å². The van der Waals surface area contributed by atoms with Crippen LogP contribution in [0.3, 0.4) is 0 Å². The molecule has 2 heterocycles. The largest absolute Gasteiger partial charge is 0.497 e. The zero-order valence-corrected chi connectivity index (χ0v) is 12.9. The Labute approximate surface area is 127 Å². The molecule has 0 aliphatic heterocycles. The summed E-state index contributed by atoms with van der Waals surface area (Å²) >= 11 is 0. The molecule has 0 radical (unpaired) electrons. The predicted molar refractivity (Wildman–Crippen MR) is 86.3 cm³/mol. The minimum Gasteiger partial charge on any atom is -0.497 e. The number of benzene rings is 1. The molecule has 0 unspecified atom stereocenters. The Morgan fingerprint density at radius 1 is 1.41 bits per heavy atom. The number of aromatic amines is 1. The van der Waals surface area contributed by atoms with Gasteiger partial charge in [0.15, 0.2) is 0 Å². The minimum atomic E-state index is -0.131. The Hall–Kier alpha value is -2.54. The van der Waals surface area contributed by atoms with Gasteiger partial charge in [0, 0.05) is 10.9 Å². The molecule has 22 heavy (non-hydrogen) atoms. The summed E-state index contributed by atoms with van der Waals surface area (Å²) in [6.45, 7) is 1.61. The van der Waals surface area contributed by atoms with Crippen molar-refractivity contribution >= 4 is 21.9 Å². The molecule has 3 N–H and O–H groups in total. The smallest absolute Gasteiger partial charge is 0.296 e. The van der Waals surface area contributed by atoms with E-state index in [1.165, 1.54) is 15.9 Å². The molecular weight excluding hydrogens is 282 g/mol. The van der Waals surface area contributed by atoms with Crippen LogP contribution in [0.25, 0.3) is 21.9 Å². The van der Waals surface area contributed by atoms with E-state index in [1.54, 1.807) is 7.11 Å². The number of hydrogen-bond acceptors (Lipinski definition) is 4. The molecule has 7 nitrogen and oxygen atoms in total. The third-order valence-corrected chi connectivity index (χ3v) is 3.62. The highest BCUT2D eigenvalue weighted by atomic mass is 16.5. The summed E-state index contributed by atoms with van der Waals surface area (Å²) in [5, 5.41) is 0.885. The fourth-order valence-corrected chi connectivity index (χ4v) is 2.40. The highest BCUT2D eigenvalue weighted by molar-refractivity contribution is 6.04. The number of hydrogen-bond donors (Lipinski definition) is 3. The number of fused-ring (bicyclic) bond motifs is 3. The van der Waals surface area contributed by atoms with Crippen molar-refractivity contribution in [1.82, 2.24) is 14.6 Å². The fourth-order valence-electron chi connectivity index (χ4n) is 2.40. The van der Waals surface area contributed by atoms with Crippen LogP contribution in [0, 0.1) is 0 Å². The van der Waals surface area contributed by atoms with Crippen molar-refractivity contribution in [3.05, 3.63) is 34.9 Å². The van der Waals surface area contributed by atoms with Gasteiger partial charge in [-0.05, 0) is 18.2 Å². The van der Waals surface area contributed by atoms with E-state index in [0.717, 1.165) is 23.2 Å². The molecule has 0 spiro atoms. The normalized spacial score (nSPS) is 11.5. The Bertz CT molecular complexity index is 865. The van der Waals surface area contributed by atoms with E-state index in [2.05, 4.69) is 29.5 Å². The maximum absolute atomic E-state index is 12.5. The lowest BCUT2D eigenvalue weighted by atomic mass is 10.2. The number of ether oxygens (including phenoxy) is 1. The van der Waals surface area contributed by atoms with Gasteiger partial charge in [0.2, 0.25) is 0 Å². The van der Waals surface area contributed by atoms with Crippen molar-refractivity contribution in [2.24, 2.45) is 0 Å². The second-order valence-electron chi connectivity index (χ2n) is 5.55. The topological polar surface area (TPSA) is 76.4 Å². The fraction of sp³-hybridized carbons (Fsp3) is 0.333. The number of likely N-dealkylation sites (N-methyl/N-ethyl adjacent to an activating group) is 1. The number of methoxy groups -OCH3 is 1. The van der Waals surface area contributed by atoms with Gasteiger partial charge < -0.3 is 20.0 Å². The maximum Gasteiger partial charge on any atom is 0.296 e. The van der Waals surface area contributed by atoms with Gasteiger partial charge in [-0.3, -0.25) is 4.79 Å². The van der Waals surface area contributed by atoms with Gasteiger partial charge in [-0.15, -0.1) is 0 Å². The van der Waals surface area contributed by atoms with Crippen LogP contribution in [0.1, 0.15) is 0 Å². The molecule has 0 atom stereocenters. The summed E-state index contributed by atoms with van der Waals surface area (Å²) in [5.74, 6) is 0.742. The second-order valence-corrected chi connectivity index (χ2v) is 5.55. The average molecular weight is 302 g/mol. The first-order chi connectivity index (χ1) is 10.6. The number of nitrogens with zero attached hydrogens (tertiary/aromatic N) is 2. The Kier molecular flexibility index (Phi) is 3.72. The van der Waals surface area contributed by atoms with Crippen LogP contribution in [0.4, 0.5) is 0 Å². The van der Waals surface area contributed by atoms with E-state index < -0.39 is 0 Å². The summed E-state index contributed by atoms with van der Waals surface area (Å²) < 4.78 is 6.66. The molecule has 0 saturated heterocycles. The molecular formula is C15H20N5O2+. The number of H-pyrrole nitrogens is 1. The Balaban J connectivity index is 2.04. The van der Waals surface area contributed by atoms with E-state index >= 15 is 0 Å². The summed E-state index contributed by atoms with van der Waals surface area (Å²) in [6.07, 6.45) is 1.53. The monoisotopic (exact) mass is 302 g/mol. The number of quaternary nitrogens is 1. The molecule has 1 aromatic carbocycles. The lowest BCUT2D eigenvalue weighted by molar-refractivity contribution is -0.856. The third-order valence-electron chi connectivity index (χ3n) is 3.62. The van der Waals surface area contributed by atoms with Gasteiger partial charge in [-0.1, -0.05) is 0 Å². The molecule has 3 rings (SSSR count). The van der Waals surface area contributed by atoms with Crippen LogP contribution in [0.5, 0.6) is 5.75 Å². The van der Waals surface area contributed by atoms with Crippen molar-refractivity contribution in [2.45, 2.75) is 0 Å². The first kappa shape index (κ1) is 14.4. The quantitative estimate of drug-likeness (QED) is 0.598. The van der Waals surface area contributed by atoms with E-state index in [9.17, 15) is 4.79 Å². The number of aromatic nitrogens is 3. The van der Waals surface area contributed by atoms with Crippen molar-refractivity contribution in [2.75, 3.05) is 39.7 Å². The SMILES string of the molecule is COc1ccc2[nH]c3c(=O)n(NCC[NH+](C)C)cnc3c2c1. The van der Waals surface area contributed by atoms with E-state index in [-0.39, 0.29) is 5.56 Å². The lowest BCUT2D eigenvalue weighted by Gasteiger charge is -2.10. The first-order valence-electron chi connectivity index (χ1n) is 7.20. The zero-order chi connectivity index (χ0) is 15.7. The minimum absolute atomic E-state index is 0.131. The molecule has 7 heteroatoms. The van der Waals surface area contributed by atoms with Crippen LogP contribution in [0.15, 0.2) is 29.3 Å². The zero-order valence-electron chi connectivity index (χ0n) is 12.9. The first-order valence-corrected chi connectivity index (χ1v) is 7.20. The number of rotatable bonds is 5. The molecule has 0 saturated carbocycles. The van der Waals surface area contributed by atoms with Gasteiger partial charge in [-0.25, -0.2) is 9.66 Å². The summed E-state index contributed by atoms with van der Waals surface area (Å²) in [7, 11) is 5.75. The van der Waals surface area contributed by atoms with Gasteiger partial charge in [0.25, 0.3) is 5.56 Å². The van der Waals surface area contributed by atoms with E-state index in [4.69, 9.17) is 4.74 Å². The second kappa shape index (κ2) is 5.69. The van der Waals surface area contributed by atoms with Gasteiger partial charge in [0.05, 0.1) is 34.3 Å². The summed E-state index contributed by atoms with van der Waals surface area (Å²) in [5.41, 5.74) is 4.98. The molecule has 0 aliphatic rings. The molecule has 2 aromatic heterocycles. The van der Waals surface area contributed by atoms with Crippen LogP contribution in [-0.2, 0) is 0 Å². The van der Waals surface area contributed by atoms with Crippen molar-refractivity contribution in [3.63, 3.8) is 0 Å². The molecule has 0 fully saturated rings. The third kappa shape index (κ3) is 2.50. The van der Waals surface area contributed by atoms with Gasteiger partial charge in [0.1, 0.15) is 23.1 Å². The Morgan fingerprint density at radius 2 is 2.23 bits per heavy atom. The summed E-state index contributed by atoms with van der Waals surface area (Å²) in [6, 6.07) is 5.63. The highest BCUT2D eigenvalue weighted by Crippen LogP contribution is 2.25. The van der Waals surface area contributed by atoms with Crippen LogP contribution < -0.4 is 20.6 Å². The van der Waals surface area contributed by atoms with Crippen molar-refractivity contribution in [3.8, 4) is 5.75 Å². The summed E-state index contributed by atoms with van der Waals surface area (Å²) in [4.78, 5) is 21.4. The molecule has 0 bridgehead atoms. The van der Waals surface area contributed by atoms with Crippen LogP contribution in [-0.4, -0.2) is 48.9 Å².